The molecular weight excluding hydrogens is 376 g/mol. The lowest BCUT2D eigenvalue weighted by Crippen LogP contribution is -2.07. The lowest BCUT2D eigenvalue weighted by atomic mass is 10.2. The maximum atomic E-state index is 12.0. The Bertz CT molecular complexity index is 612. The van der Waals surface area contributed by atoms with Gasteiger partial charge in [-0.2, -0.15) is 14.7 Å². The molecule has 24 heavy (non-hydrogen) atoms. The Morgan fingerprint density at radius 2 is 1.62 bits per heavy atom. The van der Waals surface area contributed by atoms with Crippen molar-refractivity contribution >= 4 is 31.5 Å². The van der Waals surface area contributed by atoms with Crippen molar-refractivity contribution in [2.75, 3.05) is 12.3 Å². The third-order valence-corrected chi connectivity index (χ3v) is 7.41. The van der Waals surface area contributed by atoms with Crippen LogP contribution in [-0.4, -0.2) is 46.2 Å². The molecule has 0 aliphatic rings. The van der Waals surface area contributed by atoms with E-state index in [0.717, 1.165) is 17.7 Å². The molecule has 1 rings (SSSR count). The molecule has 1 aromatic rings. The van der Waals surface area contributed by atoms with Gasteiger partial charge in [0.15, 0.2) is 0 Å². The third kappa shape index (κ3) is 8.05. The molecule has 1 atom stereocenters. The molecule has 0 saturated heterocycles. The van der Waals surface area contributed by atoms with E-state index in [1.807, 2.05) is 30.3 Å². The summed E-state index contributed by atoms with van der Waals surface area (Å²) in [5, 5.41) is -1.25. The minimum atomic E-state index is -5.00. The van der Waals surface area contributed by atoms with Gasteiger partial charge in [0.25, 0.3) is 0 Å². The van der Waals surface area contributed by atoms with Crippen molar-refractivity contribution in [1.82, 2.24) is 0 Å². The van der Waals surface area contributed by atoms with Crippen LogP contribution in [-0.2, 0) is 15.4 Å². The van der Waals surface area contributed by atoms with Gasteiger partial charge >= 0.3 is 20.7 Å². The van der Waals surface area contributed by atoms with Crippen LogP contribution in [0.25, 0.3) is 0 Å². The molecule has 8 nitrogen and oxygen atoms in total. The van der Waals surface area contributed by atoms with E-state index in [-0.39, 0.29) is 6.54 Å². The first kappa shape index (κ1) is 21.5. The Morgan fingerprint density at radius 3 is 2.17 bits per heavy atom. The molecule has 0 saturated carbocycles. The zero-order valence-electron chi connectivity index (χ0n) is 12.9. The number of nitrogens with zero attached hydrogens (tertiary/aromatic N) is 1. The predicted octanol–water partition coefficient (Wildman–Crippen LogP) is 1.63. The Kier molecular flexibility index (Phi) is 8.84. The molecule has 136 valence electrons. The van der Waals surface area contributed by atoms with Crippen LogP contribution >= 0.6 is 15.5 Å². The van der Waals surface area contributed by atoms with Gasteiger partial charge in [-0.15, -0.1) is 0 Å². The molecule has 0 aromatic heterocycles. The summed E-state index contributed by atoms with van der Waals surface area (Å²) >= 11 is 0. The van der Waals surface area contributed by atoms with Gasteiger partial charge in [-0.05, 0) is 25.0 Å². The Labute approximate surface area is 143 Å². The first-order valence-electron chi connectivity index (χ1n) is 7.24. The second kappa shape index (κ2) is 9.85. The average molecular weight is 398 g/mol. The van der Waals surface area contributed by atoms with E-state index in [0.29, 0.717) is 18.6 Å². The fourth-order valence-electron chi connectivity index (χ4n) is 1.93. The molecule has 0 radical (unpaired) electrons. The molecule has 0 fully saturated rings. The number of rotatable bonds is 10. The van der Waals surface area contributed by atoms with E-state index in [1.165, 1.54) is 0 Å². The van der Waals surface area contributed by atoms with E-state index in [9.17, 15) is 8.77 Å². The quantitative estimate of drug-likeness (QED) is 0.229. The lowest BCUT2D eigenvalue weighted by molar-refractivity contribution is 0.348. The van der Waals surface area contributed by atoms with E-state index in [4.69, 9.17) is 24.5 Å². The summed E-state index contributed by atoms with van der Waals surface area (Å²) < 4.78 is 23.0. The number of hydrogen-bond donors (Lipinski definition) is 5. The largest absolute Gasteiger partial charge is 0.469 e. The smallest absolute Gasteiger partial charge is 0.317 e. The van der Waals surface area contributed by atoms with Crippen LogP contribution in [0.1, 0.15) is 25.7 Å². The molecule has 1 aromatic carbocycles. The molecule has 11 heteroatoms. The van der Waals surface area contributed by atoms with Crippen molar-refractivity contribution in [2.45, 2.75) is 30.6 Å². The molecule has 5 N–H and O–H groups in total. The van der Waals surface area contributed by atoms with Crippen LogP contribution < -0.4 is 0 Å². The van der Waals surface area contributed by atoms with Crippen molar-refractivity contribution in [3.8, 4) is 0 Å². The summed E-state index contributed by atoms with van der Waals surface area (Å²) in [5.74, 6) is 0.527. The first-order valence-corrected chi connectivity index (χ1v) is 11.8. The number of hydrogen-bond acceptors (Lipinski definition) is 6. The first-order chi connectivity index (χ1) is 11.1. The number of benzene rings is 1. The van der Waals surface area contributed by atoms with Crippen LogP contribution in [0.2, 0.25) is 0 Å². The van der Waals surface area contributed by atoms with Gasteiger partial charge in [0.1, 0.15) is 0 Å². The molecule has 0 amide bonds. The zero-order chi connectivity index (χ0) is 18.2. The minimum Gasteiger partial charge on any atom is -0.317 e. The maximum absolute atomic E-state index is 12.0. The highest BCUT2D eigenvalue weighted by molar-refractivity contribution is 8.00. The third-order valence-electron chi connectivity index (χ3n) is 3.03. The predicted molar refractivity (Wildman–Crippen MR) is 94.1 cm³/mol. The van der Waals surface area contributed by atoms with E-state index < -0.39 is 31.5 Å². The van der Waals surface area contributed by atoms with Gasteiger partial charge in [0, 0.05) is 17.2 Å². The van der Waals surface area contributed by atoms with Gasteiger partial charge in [0.2, 0.25) is 0 Å². The monoisotopic (exact) mass is 398 g/mol. The van der Waals surface area contributed by atoms with Crippen molar-refractivity contribution < 1.29 is 33.2 Å². The molecule has 0 bridgehead atoms. The van der Waals surface area contributed by atoms with Crippen LogP contribution in [0.4, 0.5) is 0 Å². The highest BCUT2D eigenvalue weighted by Gasteiger charge is 2.51. The molecular formula is C13H22NO7P2S+. The van der Waals surface area contributed by atoms with Gasteiger partial charge in [0.05, 0.1) is 10.8 Å². The molecule has 0 aliphatic heterocycles. The van der Waals surface area contributed by atoms with Gasteiger partial charge < -0.3 is 9.79 Å². The van der Waals surface area contributed by atoms with Crippen molar-refractivity contribution in [1.29, 1.82) is 0 Å². The van der Waals surface area contributed by atoms with Crippen LogP contribution in [0.5, 0.6) is 0 Å². The van der Waals surface area contributed by atoms with Crippen LogP contribution in [0.15, 0.2) is 40.2 Å². The maximum Gasteiger partial charge on any atom is 0.469 e. The highest BCUT2D eigenvalue weighted by atomic mass is 32.2. The minimum absolute atomic E-state index is 0.0361. The van der Waals surface area contributed by atoms with Crippen LogP contribution in [0.3, 0.4) is 0 Å². The second-order valence-corrected chi connectivity index (χ2v) is 10.1. The fourth-order valence-corrected chi connectivity index (χ4v) is 5.06. The zero-order valence-corrected chi connectivity index (χ0v) is 15.5. The summed E-state index contributed by atoms with van der Waals surface area (Å²) in [5.41, 5.74) is 0. The Morgan fingerprint density at radius 1 is 1.04 bits per heavy atom. The second-order valence-electron chi connectivity index (χ2n) is 5.07. The highest BCUT2D eigenvalue weighted by Crippen LogP contribution is 2.60. The van der Waals surface area contributed by atoms with Crippen molar-refractivity contribution in [3.63, 3.8) is 0 Å². The molecule has 0 heterocycles. The average Bonchev–Trinajstić information content (AvgIpc) is 2.48. The number of aliphatic imine (C=N–C) groups is 1. The summed E-state index contributed by atoms with van der Waals surface area (Å²) in [7, 11) is -10.9. The summed E-state index contributed by atoms with van der Waals surface area (Å²) in [6.07, 6.45) is 2.63. The Balaban J connectivity index is 2.30. The van der Waals surface area contributed by atoms with E-state index in [1.54, 1.807) is 0 Å². The Hall–Kier alpha value is -0.500. The van der Waals surface area contributed by atoms with E-state index >= 15 is 0 Å². The molecule has 0 spiro atoms. The van der Waals surface area contributed by atoms with Crippen molar-refractivity contribution in [3.05, 3.63) is 30.3 Å². The molecule has 1 unspecified atom stereocenters. The summed E-state index contributed by atoms with van der Waals surface area (Å²) in [4.78, 5) is 49.0. The van der Waals surface area contributed by atoms with Gasteiger partial charge in [-0.1, -0.05) is 31.0 Å². The van der Waals surface area contributed by atoms with E-state index in [2.05, 4.69) is 4.99 Å². The topological polar surface area (TPSA) is 148 Å². The molecule has 0 aliphatic carbocycles. The van der Waals surface area contributed by atoms with Crippen LogP contribution in [0, 0.1) is 0 Å². The summed E-state index contributed by atoms with van der Waals surface area (Å²) in [6, 6.07) is 9.13. The normalized spacial score (nSPS) is 14.6. The SMILES string of the molecule is O=S(CCCCCCN=C(P(=O)(O)O)[P+](O)(O)O)c1ccccc1. The fraction of sp³-hybridized carbons (Fsp3) is 0.462. The van der Waals surface area contributed by atoms with Gasteiger partial charge in [-0.25, -0.2) is 9.56 Å². The van der Waals surface area contributed by atoms with Crippen molar-refractivity contribution in [2.24, 2.45) is 4.99 Å². The van der Waals surface area contributed by atoms with Gasteiger partial charge in [-0.3, -0.25) is 4.21 Å². The number of unbranched alkanes of at least 4 members (excludes halogenated alkanes) is 3. The standard InChI is InChI=1S/C13H21NO7P2S/c15-22(16,17)13(23(18,19)20)14-10-6-1-2-7-11-24(21)12-8-4-3-5-9-12/h3-5,8-9,15-17H,1-2,6-7,10-11H2,(H-,18,19,20)/p+1. The summed E-state index contributed by atoms with van der Waals surface area (Å²) in [6.45, 7) is -0.0361. The lowest BCUT2D eigenvalue weighted by Gasteiger charge is -2.08.